The summed E-state index contributed by atoms with van der Waals surface area (Å²) in [7, 11) is 1.54. The zero-order valence-corrected chi connectivity index (χ0v) is 23.1. The quantitative estimate of drug-likeness (QED) is 0.345. The molecule has 0 fully saturated rings. The van der Waals surface area contributed by atoms with Gasteiger partial charge in [0.1, 0.15) is 23.4 Å². The van der Waals surface area contributed by atoms with E-state index < -0.39 is 35.6 Å². The summed E-state index contributed by atoms with van der Waals surface area (Å²) in [6, 6.07) is 13.5. The number of benzene rings is 2. The van der Waals surface area contributed by atoms with E-state index in [-0.39, 0.29) is 6.42 Å². The van der Waals surface area contributed by atoms with Crippen LogP contribution in [0.2, 0.25) is 0 Å². The molecule has 0 saturated heterocycles. The molecule has 2 atom stereocenters. The van der Waals surface area contributed by atoms with Gasteiger partial charge in [-0.15, -0.1) is 6.42 Å². The molecule has 8 nitrogen and oxygen atoms in total. The molecular weight excluding hydrogens is 502 g/mol. The third-order valence-corrected chi connectivity index (χ3v) is 5.88. The van der Waals surface area contributed by atoms with Crippen molar-refractivity contribution in [2.45, 2.75) is 44.9 Å². The molecule has 0 bridgehead atoms. The van der Waals surface area contributed by atoms with E-state index in [1.165, 1.54) is 11.8 Å². The molecule has 2 aromatic carbocycles. The Kier molecular flexibility index (Phi) is 11.1. The van der Waals surface area contributed by atoms with Crippen molar-refractivity contribution >= 4 is 35.4 Å². The fraction of sp³-hybridized carbons (Fsp3) is 0.345. The third-order valence-electron chi connectivity index (χ3n) is 5.23. The van der Waals surface area contributed by atoms with Crippen LogP contribution in [0.15, 0.2) is 48.5 Å². The lowest BCUT2D eigenvalue weighted by Crippen LogP contribution is -2.51. The van der Waals surface area contributed by atoms with Crippen molar-refractivity contribution in [3.05, 3.63) is 59.7 Å². The lowest BCUT2D eigenvalue weighted by molar-refractivity contribution is -0.136. The van der Waals surface area contributed by atoms with Gasteiger partial charge in [0.25, 0.3) is 11.8 Å². The predicted molar refractivity (Wildman–Crippen MR) is 151 cm³/mol. The molecule has 2 N–H and O–H groups in total. The summed E-state index contributed by atoms with van der Waals surface area (Å²) in [5.74, 6) is 2.54. The van der Waals surface area contributed by atoms with E-state index in [1.807, 2.05) is 6.26 Å². The number of nitrogens with one attached hydrogen (secondary N) is 2. The van der Waals surface area contributed by atoms with Crippen LogP contribution in [-0.4, -0.2) is 53.6 Å². The molecule has 2 unspecified atom stereocenters. The van der Waals surface area contributed by atoms with Crippen LogP contribution in [0.3, 0.4) is 0 Å². The Hall–Kier alpha value is -4.08. The lowest BCUT2D eigenvalue weighted by Gasteiger charge is -2.30. The molecular formula is C29H33N3O5S. The fourth-order valence-corrected chi connectivity index (χ4v) is 3.91. The number of carbonyl (C=O) groups excluding carboxylic acids is 3. The minimum absolute atomic E-state index is 0.278. The van der Waals surface area contributed by atoms with Crippen molar-refractivity contribution in [3.8, 4) is 30.6 Å². The van der Waals surface area contributed by atoms with Gasteiger partial charge in [-0.2, -0.15) is 11.8 Å². The number of hydrogen-bond acceptors (Lipinski definition) is 6. The van der Waals surface area contributed by atoms with Crippen molar-refractivity contribution < 1.29 is 23.9 Å². The maximum atomic E-state index is 13.7. The Labute approximate surface area is 228 Å². The van der Waals surface area contributed by atoms with Crippen LogP contribution in [0, 0.1) is 24.8 Å². The largest absolute Gasteiger partial charge is 0.497 e. The molecule has 0 spiro atoms. The number of thioether (sulfide) groups is 1. The number of anilines is 1. The highest BCUT2D eigenvalue weighted by molar-refractivity contribution is 7.98. The van der Waals surface area contributed by atoms with Crippen molar-refractivity contribution in [2.75, 3.05) is 24.4 Å². The Morgan fingerprint density at radius 2 is 1.68 bits per heavy atom. The predicted octanol–water partition coefficient (Wildman–Crippen LogP) is 4.42. The van der Waals surface area contributed by atoms with Crippen molar-refractivity contribution in [1.29, 1.82) is 0 Å². The molecule has 200 valence electrons. The number of nitrogens with zero attached hydrogens (tertiary/aromatic N) is 1. The van der Waals surface area contributed by atoms with E-state index in [0.29, 0.717) is 28.3 Å². The standard InChI is InChI=1S/C29H33N3O5S/c1-8-20-10-12-21(13-11-20)25(26(33)30-22-14-16-23(36-6)17-15-22)32(9-2)27(34)24(18-19-38-7)31-28(35)37-29(3,4)5/h1-2,10-17,24-25H,18-19H2,3-7H3,(H,30,33)(H,31,35). The van der Waals surface area contributed by atoms with Gasteiger partial charge in [0, 0.05) is 17.3 Å². The summed E-state index contributed by atoms with van der Waals surface area (Å²) in [4.78, 5) is 40.8. The summed E-state index contributed by atoms with van der Waals surface area (Å²) < 4.78 is 10.5. The van der Waals surface area contributed by atoms with Gasteiger partial charge >= 0.3 is 6.09 Å². The molecule has 2 aromatic rings. The Morgan fingerprint density at radius 3 is 2.18 bits per heavy atom. The first-order valence-electron chi connectivity index (χ1n) is 11.8. The van der Waals surface area contributed by atoms with Crippen molar-refractivity contribution in [1.82, 2.24) is 10.2 Å². The number of carbonyl (C=O) groups is 3. The van der Waals surface area contributed by atoms with Gasteiger partial charge in [0.05, 0.1) is 7.11 Å². The Balaban J connectivity index is 2.44. The molecule has 0 radical (unpaired) electrons. The number of terminal acetylenes is 2. The van der Waals surface area contributed by atoms with Gasteiger partial charge in [0.15, 0.2) is 0 Å². The van der Waals surface area contributed by atoms with Gasteiger partial charge in [0.2, 0.25) is 0 Å². The van der Waals surface area contributed by atoms with Crippen LogP contribution in [-0.2, 0) is 14.3 Å². The smallest absolute Gasteiger partial charge is 0.408 e. The van der Waals surface area contributed by atoms with E-state index >= 15 is 0 Å². The molecule has 0 aliphatic rings. The van der Waals surface area contributed by atoms with Gasteiger partial charge in [-0.05, 0) is 81.2 Å². The van der Waals surface area contributed by atoms with Crippen LogP contribution in [0.1, 0.15) is 44.4 Å². The lowest BCUT2D eigenvalue weighted by atomic mass is 10.0. The maximum absolute atomic E-state index is 13.7. The van der Waals surface area contributed by atoms with E-state index in [2.05, 4.69) is 22.6 Å². The second kappa shape index (κ2) is 14.0. The summed E-state index contributed by atoms with van der Waals surface area (Å²) in [6.07, 6.45) is 12.7. The average Bonchev–Trinajstić information content (AvgIpc) is 2.88. The first kappa shape index (κ1) is 30.1. The molecule has 2 rings (SSSR count). The average molecular weight is 536 g/mol. The molecule has 0 heterocycles. The van der Waals surface area contributed by atoms with Crippen LogP contribution in [0.5, 0.6) is 5.75 Å². The van der Waals surface area contributed by atoms with Crippen LogP contribution >= 0.6 is 11.8 Å². The summed E-state index contributed by atoms with van der Waals surface area (Å²) in [5, 5.41) is 5.42. The molecule has 38 heavy (non-hydrogen) atoms. The molecule has 0 aromatic heterocycles. The summed E-state index contributed by atoms with van der Waals surface area (Å²) in [5.41, 5.74) is 0.771. The highest BCUT2D eigenvalue weighted by Gasteiger charge is 2.35. The van der Waals surface area contributed by atoms with Crippen LogP contribution < -0.4 is 15.4 Å². The first-order chi connectivity index (χ1) is 18.0. The van der Waals surface area contributed by atoms with Crippen LogP contribution in [0.4, 0.5) is 10.5 Å². The number of ether oxygens (including phenoxy) is 2. The number of methoxy groups -OCH3 is 1. The summed E-state index contributed by atoms with van der Waals surface area (Å²) in [6.45, 7) is 5.16. The first-order valence-corrected chi connectivity index (χ1v) is 13.2. The van der Waals surface area contributed by atoms with Crippen LogP contribution in [0.25, 0.3) is 0 Å². The second-order valence-electron chi connectivity index (χ2n) is 9.20. The van der Waals surface area contributed by atoms with E-state index in [0.717, 1.165) is 4.90 Å². The number of amides is 3. The fourth-order valence-electron chi connectivity index (χ4n) is 3.44. The number of rotatable bonds is 10. The minimum Gasteiger partial charge on any atom is -0.497 e. The minimum atomic E-state index is -1.21. The topological polar surface area (TPSA) is 97.0 Å². The highest BCUT2D eigenvalue weighted by Crippen LogP contribution is 2.25. The van der Waals surface area contributed by atoms with E-state index in [9.17, 15) is 14.4 Å². The van der Waals surface area contributed by atoms with Crippen molar-refractivity contribution in [3.63, 3.8) is 0 Å². The zero-order valence-electron chi connectivity index (χ0n) is 22.2. The van der Waals surface area contributed by atoms with E-state index in [1.54, 1.807) is 76.4 Å². The van der Waals surface area contributed by atoms with E-state index in [4.69, 9.17) is 22.3 Å². The van der Waals surface area contributed by atoms with Crippen molar-refractivity contribution in [2.24, 2.45) is 0 Å². The molecule has 9 heteroatoms. The third kappa shape index (κ3) is 8.79. The van der Waals surface area contributed by atoms with Gasteiger partial charge in [-0.3, -0.25) is 14.5 Å². The highest BCUT2D eigenvalue weighted by atomic mass is 32.2. The molecule has 0 saturated carbocycles. The van der Waals surface area contributed by atoms with Gasteiger partial charge in [-0.25, -0.2) is 4.79 Å². The van der Waals surface area contributed by atoms with Gasteiger partial charge in [-0.1, -0.05) is 24.5 Å². The molecule has 0 aliphatic carbocycles. The molecule has 0 aliphatic heterocycles. The second-order valence-corrected chi connectivity index (χ2v) is 10.2. The Bertz CT molecular complexity index is 1190. The summed E-state index contributed by atoms with van der Waals surface area (Å²) >= 11 is 1.50. The SMILES string of the molecule is C#Cc1ccc(C(C(=O)Nc2ccc(OC)cc2)N(C#C)C(=O)C(CCSC)NC(=O)OC(C)(C)C)cc1. The molecule has 3 amide bonds. The Morgan fingerprint density at radius 1 is 1.05 bits per heavy atom. The zero-order chi connectivity index (χ0) is 28.3. The number of alkyl carbamates (subject to hydrolysis) is 1. The van der Waals surface area contributed by atoms with Gasteiger partial charge < -0.3 is 20.1 Å². The number of hydrogen-bond donors (Lipinski definition) is 2. The normalized spacial score (nSPS) is 12.2. The maximum Gasteiger partial charge on any atom is 0.408 e. The monoisotopic (exact) mass is 535 g/mol.